The number of benzene rings is 2. The van der Waals surface area contributed by atoms with Gasteiger partial charge >= 0.3 is 11.9 Å². The summed E-state index contributed by atoms with van der Waals surface area (Å²) < 4.78 is 21.9. The lowest BCUT2D eigenvalue weighted by Crippen LogP contribution is -2.14. The molecular formula is C21H23BrO6. The van der Waals surface area contributed by atoms with E-state index in [0.717, 1.165) is 0 Å². The molecule has 0 aliphatic rings. The minimum Gasteiger partial charge on any atom is -0.490 e. The minimum atomic E-state index is -0.596. The van der Waals surface area contributed by atoms with Gasteiger partial charge in [-0.3, -0.25) is 0 Å². The number of hydrogen-bond donors (Lipinski definition) is 0. The summed E-state index contributed by atoms with van der Waals surface area (Å²) in [5.41, 5.74) is 0.579. The highest BCUT2D eigenvalue weighted by atomic mass is 79.9. The van der Waals surface area contributed by atoms with E-state index in [2.05, 4.69) is 15.9 Å². The van der Waals surface area contributed by atoms with E-state index in [0.29, 0.717) is 35.6 Å². The summed E-state index contributed by atoms with van der Waals surface area (Å²) in [5.74, 6) is -0.193. The molecule has 0 atom stereocenters. The highest BCUT2D eigenvalue weighted by Gasteiger charge is 2.17. The summed E-state index contributed by atoms with van der Waals surface area (Å²) in [6.45, 7) is 4.93. The topological polar surface area (TPSA) is 71.1 Å². The second kappa shape index (κ2) is 10.8. The molecule has 2 aromatic rings. The molecule has 0 bridgehead atoms. The van der Waals surface area contributed by atoms with Crippen LogP contribution in [0.2, 0.25) is 0 Å². The van der Waals surface area contributed by atoms with Gasteiger partial charge in [0.15, 0.2) is 0 Å². The van der Waals surface area contributed by atoms with Crippen molar-refractivity contribution in [2.45, 2.75) is 13.8 Å². The number of rotatable bonds is 9. The van der Waals surface area contributed by atoms with Gasteiger partial charge in [0.2, 0.25) is 0 Å². The number of ether oxygens (including phenoxy) is 4. The first kappa shape index (κ1) is 21.9. The van der Waals surface area contributed by atoms with Crippen molar-refractivity contribution in [2.75, 3.05) is 26.9 Å². The predicted molar refractivity (Wildman–Crippen MR) is 108 cm³/mol. The molecule has 0 N–H and O–H groups in total. The number of esters is 2. The van der Waals surface area contributed by atoms with Crippen molar-refractivity contribution >= 4 is 27.9 Å². The van der Waals surface area contributed by atoms with Crippen molar-refractivity contribution in [2.24, 2.45) is 5.92 Å². The lowest BCUT2D eigenvalue weighted by atomic mass is 10.2. The van der Waals surface area contributed by atoms with Gasteiger partial charge in [-0.05, 0) is 42.3 Å². The monoisotopic (exact) mass is 450 g/mol. The molecule has 0 spiro atoms. The Morgan fingerprint density at radius 3 is 2.54 bits per heavy atom. The maximum Gasteiger partial charge on any atom is 0.347 e. The molecule has 7 heteroatoms. The predicted octanol–water partition coefficient (Wildman–Crippen LogP) is 4.51. The van der Waals surface area contributed by atoms with Crippen LogP contribution in [0.25, 0.3) is 0 Å². The van der Waals surface area contributed by atoms with E-state index in [1.54, 1.807) is 43.5 Å². The minimum absolute atomic E-state index is 0.234. The molecule has 0 aliphatic carbocycles. The summed E-state index contributed by atoms with van der Waals surface area (Å²) in [5, 5.41) is 0. The molecule has 2 rings (SSSR count). The molecule has 0 saturated carbocycles. The van der Waals surface area contributed by atoms with Gasteiger partial charge in [0.25, 0.3) is 0 Å². The summed E-state index contributed by atoms with van der Waals surface area (Å²) in [7, 11) is 1.57. The van der Waals surface area contributed by atoms with Crippen LogP contribution in [0.1, 0.15) is 34.6 Å². The van der Waals surface area contributed by atoms with Gasteiger partial charge in [0.1, 0.15) is 23.7 Å². The van der Waals surface area contributed by atoms with Gasteiger partial charge in [-0.25, -0.2) is 9.59 Å². The number of carbonyl (C=O) groups excluding carboxylic acids is 2. The number of halogens is 1. The normalized spacial score (nSPS) is 10.6. The molecule has 0 unspecified atom stereocenters. The van der Waals surface area contributed by atoms with Crippen LogP contribution in [-0.2, 0) is 9.47 Å². The lowest BCUT2D eigenvalue weighted by Gasteiger charge is -2.12. The van der Waals surface area contributed by atoms with Crippen LogP contribution < -0.4 is 9.47 Å². The molecular weight excluding hydrogens is 428 g/mol. The molecule has 28 heavy (non-hydrogen) atoms. The average Bonchev–Trinajstić information content (AvgIpc) is 2.67. The molecule has 0 aliphatic heterocycles. The lowest BCUT2D eigenvalue weighted by molar-refractivity contribution is 0.0457. The van der Waals surface area contributed by atoms with E-state index in [4.69, 9.17) is 18.9 Å². The molecule has 0 aromatic heterocycles. The van der Waals surface area contributed by atoms with Crippen LogP contribution in [0.5, 0.6) is 11.5 Å². The second-order valence-electron chi connectivity index (χ2n) is 6.39. The Morgan fingerprint density at radius 2 is 1.82 bits per heavy atom. The van der Waals surface area contributed by atoms with Crippen LogP contribution in [0.4, 0.5) is 0 Å². The molecule has 0 saturated heterocycles. The summed E-state index contributed by atoms with van der Waals surface area (Å²) in [4.78, 5) is 24.7. The standard InChI is InChI=1S/C21H23BrO6/c1-14(2)13-27-20(23)15-5-4-6-17(11-15)28-21(24)18-12-16(22)7-8-19(18)26-10-9-25-3/h4-8,11-12,14H,9-10,13H2,1-3H3. The molecule has 150 valence electrons. The van der Waals surface area contributed by atoms with Crippen molar-refractivity contribution in [3.05, 3.63) is 58.1 Å². The van der Waals surface area contributed by atoms with Crippen LogP contribution >= 0.6 is 15.9 Å². The van der Waals surface area contributed by atoms with Crippen molar-refractivity contribution in [3.8, 4) is 11.5 Å². The molecule has 0 amide bonds. The smallest absolute Gasteiger partial charge is 0.347 e. The Bertz CT molecular complexity index is 818. The zero-order valence-electron chi connectivity index (χ0n) is 16.1. The first-order chi connectivity index (χ1) is 13.4. The summed E-state index contributed by atoms with van der Waals surface area (Å²) >= 11 is 3.34. The van der Waals surface area contributed by atoms with Gasteiger partial charge in [-0.1, -0.05) is 35.8 Å². The maximum absolute atomic E-state index is 12.6. The third kappa shape index (κ3) is 6.65. The van der Waals surface area contributed by atoms with E-state index in [1.807, 2.05) is 13.8 Å². The van der Waals surface area contributed by atoms with E-state index >= 15 is 0 Å². The Balaban J connectivity index is 2.13. The third-order valence-electron chi connectivity index (χ3n) is 3.53. The quantitative estimate of drug-likeness (QED) is 0.318. The van der Waals surface area contributed by atoms with Gasteiger partial charge in [0.05, 0.1) is 18.8 Å². The largest absolute Gasteiger partial charge is 0.490 e. The molecule has 0 fully saturated rings. The fourth-order valence-corrected chi connectivity index (χ4v) is 2.56. The number of methoxy groups -OCH3 is 1. The fraction of sp³-hybridized carbons (Fsp3) is 0.333. The Labute approximate surface area is 172 Å². The van der Waals surface area contributed by atoms with E-state index < -0.39 is 11.9 Å². The summed E-state index contributed by atoms with van der Waals surface area (Å²) in [6.07, 6.45) is 0. The zero-order chi connectivity index (χ0) is 20.5. The maximum atomic E-state index is 12.6. The highest BCUT2D eigenvalue weighted by Crippen LogP contribution is 2.25. The van der Waals surface area contributed by atoms with E-state index in [-0.39, 0.29) is 17.2 Å². The van der Waals surface area contributed by atoms with Crippen LogP contribution in [0.15, 0.2) is 46.9 Å². The average molecular weight is 451 g/mol. The zero-order valence-corrected chi connectivity index (χ0v) is 17.7. The molecule has 0 heterocycles. The van der Waals surface area contributed by atoms with Crippen LogP contribution in [0.3, 0.4) is 0 Å². The van der Waals surface area contributed by atoms with Crippen LogP contribution in [-0.4, -0.2) is 38.9 Å². The molecule has 6 nitrogen and oxygen atoms in total. The van der Waals surface area contributed by atoms with Gasteiger partial charge < -0.3 is 18.9 Å². The van der Waals surface area contributed by atoms with Gasteiger partial charge in [-0.2, -0.15) is 0 Å². The third-order valence-corrected chi connectivity index (χ3v) is 4.03. The Morgan fingerprint density at radius 1 is 1.04 bits per heavy atom. The summed E-state index contributed by atoms with van der Waals surface area (Å²) in [6, 6.07) is 11.4. The second-order valence-corrected chi connectivity index (χ2v) is 7.31. The molecule has 0 radical (unpaired) electrons. The van der Waals surface area contributed by atoms with Crippen LogP contribution in [0, 0.1) is 5.92 Å². The first-order valence-corrected chi connectivity index (χ1v) is 9.60. The van der Waals surface area contributed by atoms with E-state index in [9.17, 15) is 9.59 Å². The Kier molecular flexibility index (Phi) is 8.47. The SMILES string of the molecule is COCCOc1ccc(Br)cc1C(=O)Oc1cccc(C(=O)OCC(C)C)c1. The van der Waals surface area contributed by atoms with E-state index in [1.165, 1.54) is 6.07 Å². The van der Waals surface area contributed by atoms with Crippen molar-refractivity contribution in [1.82, 2.24) is 0 Å². The van der Waals surface area contributed by atoms with Gasteiger partial charge in [0, 0.05) is 11.6 Å². The first-order valence-electron chi connectivity index (χ1n) is 8.81. The number of hydrogen-bond acceptors (Lipinski definition) is 6. The van der Waals surface area contributed by atoms with Crippen molar-refractivity contribution < 1.29 is 28.5 Å². The number of carbonyl (C=O) groups is 2. The van der Waals surface area contributed by atoms with Gasteiger partial charge in [-0.15, -0.1) is 0 Å². The van der Waals surface area contributed by atoms with Crippen molar-refractivity contribution in [3.63, 3.8) is 0 Å². The van der Waals surface area contributed by atoms with Crippen molar-refractivity contribution in [1.29, 1.82) is 0 Å². The fourth-order valence-electron chi connectivity index (χ4n) is 2.20. The molecule has 2 aromatic carbocycles. The highest BCUT2D eigenvalue weighted by molar-refractivity contribution is 9.10. The Hall–Kier alpha value is -2.38.